The standard InChI is InChI=1S/C23H27F2N3O6/c1-12-8-17(26)27-10-15(12)33-16(11-28(5)22(30)34-23(2,3)4)21(29)18-19(24)13(31-6)9-14(32-7)20(18)25/h8-11H,1-7H3,(H2,26,27)/b16-11-. The second kappa shape index (κ2) is 10.4. The molecule has 0 saturated carbocycles. The highest BCUT2D eigenvalue weighted by atomic mass is 19.1. The first-order valence-electron chi connectivity index (χ1n) is 10.0. The number of Topliss-reactive ketones (excluding diaryl/α,β-unsaturated/α-hetero) is 1. The minimum absolute atomic E-state index is 0.0714. The minimum atomic E-state index is -1.27. The van der Waals surface area contributed by atoms with Crippen LogP contribution in [0.25, 0.3) is 0 Å². The van der Waals surface area contributed by atoms with E-state index in [0.29, 0.717) is 5.56 Å². The summed E-state index contributed by atoms with van der Waals surface area (Å²) >= 11 is 0. The molecule has 0 aliphatic carbocycles. The van der Waals surface area contributed by atoms with E-state index in [-0.39, 0.29) is 11.6 Å². The van der Waals surface area contributed by atoms with Crippen molar-refractivity contribution in [3.8, 4) is 17.2 Å². The molecule has 0 radical (unpaired) electrons. The van der Waals surface area contributed by atoms with E-state index in [0.717, 1.165) is 31.4 Å². The maximum Gasteiger partial charge on any atom is 0.414 e. The third-order valence-electron chi connectivity index (χ3n) is 4.32. The van der Waals surface area contributed by atoms with E-state index in [9.17, 15) is 18.4 Å². The summed E-state index contributed by atoms with van der Waals surface area (Å²) in [6.07, 6.45) is 1.35. The molecule has 2 aromatic rings. The lowest BCUT2D eigenvalue weighted by molar-refractivity contribution is 0.0367. The van der Waals surface area contributed by atoms with Gasteiger partial charge in [0.2, 0.25) is 5.78 Å². The number of carbonyl (C=O) groups is 2. The second-order valence-electron chi connectivity index (χ2n) is 8.17. The molecule has 11 heteroatoms. The van der Waals surface area contributed by atoms with Crippen LogP contribution in [0.1, 0.15) is 36.7 Å². The third-order valence-corrected chi connectivity index (χ3v) is 4.32. The molecule has 0 fully saturated rings. The van der Waals surface area contributed by atoms with Crippen LogP contribution in [-0.2, 0) is 4.74 Å². The molecule has 1 amide bonds. The Labute approximate surface area is 196 Å². The molecule has 1 aromatic carbocycles. The highest BCUT2D eigenvalue weighted by Crippen LogP contribution is 2.33. The molecule has 184 valence electrons. The Balaban J connectivity index is 2.64. The van der Waals surface area contributed by atoms with Crippen LogP contribution in [-0.4, -0.2) is 48.6 Å². The van der Waals surface area contributed by atoms with Gasteiger partial charge in [-0.05, 0) is 39.3 Å². The van der Waals surface area contributed by atoms with Crippen LogP contribution in [0.2, 0.25) is 0 Å². The zero-order valence-corrected chi connectivity index (χ0v) is 20.0. The number of amides is 1. The van der Waals surface area contributed by atoms with E-state index in [1.807, 2.05) is 0 Å². The van der Waals surface area contributed by atoms with Crippen LogP contribution in [0.4, 0.5) is 19.4 Å². The van der Waals surface area contributed by atoms with Crippen LogP contribution in [0.3, 0.4) is 0 Å². The fourth-order valence-electron chi connectivity index (χ4n) is 2.69. The molecule has 2 rings (SSSR count). The molecule has 0 unspecified atom stereocenters. The Morgan fingerprint density at radius 2 is 1.62 bits per heavy atom. The van der Waals surface area contributed by atoms with Crippen molar-refractivity contribution in [1.82, 2.24) is 9.88 Å². The Morgan fingerprint density at radius 3 is 2.09 bits per heavy atom. The van der Waals surface area contributed by atoms with Crippen LogP contribution < -0.4 is 19.9 Å². The number of aromatic nitrogens is 1. The van der Waals surface area contributed by atoms with Gasteiger partial charge in [0.15, 0.2) is 28.9 Å². The van der Waals surface area contributed by atoms with Gasteiger partial charge in [-0.2, -0.15) is 0 Å². The monoisotopic (exact) mass is 479 g/mol. The smallest absolute Gasteiger partial charge is 0.414 e. The van der Waals surface area contributed by atoms with Gasteiger partial charge in [-0.1, -0.05) is 0 Å². The molecule has 0 spiro atoms. The van der Waals surface area contributed by atoms with Gasteiger partial charge in [-0.3, -0.25) is 9.69 Å². The molecule has 0 bridgehead atoms. The maximum atomic E-state index is 15.0. The fourth-order valence-corrected chi connectivity index (χ4v) is 2.69. The van der Waals surface area contributed by atoms with Gasteiger partial charge in [0.25, 0.3) is 0 Å². The number of methoxy groups -OCH3 is 2. The van der Waals surface area contributed by atoms with Crippen molar-refractivity contribution in [3.05, 3.63) is 53.1 Å². The van der Waals surface area contributed by atoms with E-state index >= 15 is 0 Å². The number of ketones is 1. The SMILES string of the molecule is COc1cc(OC)c(F)c(C(=O)/C(=C/N(C)C(=O)OC(C)(C)C)Oc2cnc(N)cc2C)c1F. The zero-order valence-electron chi connectivity index (χ0n) is 20.0. The molecule has 9 nitrogen and oxygen atoms in total. The summed E-state index contributed by atoms with van der Waals surface area (Å²) in [5.74, 6) is -4.95. The summed E-state index contributed by atoms with van der Waals surface area (Å²) in [6.45, 7) is 6.59. The van der Waals surface area contributed by atoms with Gasteiger partial charge in [-0.25, -0.2) is 18.6 Å². The van der Waals surface area contributed by atoms with Gasteiger partial charge in [0.05, 0.1) is 26.6 Å². The van der Waals surface area contributed by atoms with Crippen molar-refractivity contribution in [2.45, 2.75) is 33.3 Å². The average Bonchev–Trinajstić information content (AvgIpc) is 2.73. The predicted octanol–water partition coefficient (Wildman–Crippen LogP) is 4.24. The van der Waals surface area contributed by atoms with Crippen molar-refractivity contribution in [2.24, 2.45) is 0 Å². The molecule has 0 aliphatic rings. The van der Waals surface area contributed by atoms with Gasteiger partial charge in [0.1, 0.15) is 22.7 Å². The maximum absolute atomic E-state index is 15.0. The molecule has 0 atom stereocenters. The summed E-state index contributed by atoms with van der Waals surface area (Å²) in [6, 6.07) is 2.44. The van der Waals surface area contributed by atoms with E-state index in [2.05, 4.69) is 4.98 Å². The van der Waals surface area contributed by atoms with Gasteiger partial charge in [-0.15, -0.1) is 0 Å². The Morgan fingerprint density at radius 1 is 1.06 bits per heavy atom. The van der Waals surface area contributed by atoms with E-state index in [4.69, 9.17) is 24.7 Å². The van der Waals surface area contributed by atoms with Crippen molar-refractivity contribution in [1.29, 1.82) is 0 Å². The number of aryl methyl sites for hydroxylation is 1. The van der Waals surface area contributed by atoms with E-state index in [1.54, 1.807) is 27.7 Å². The molecule has 34 heavy (non-hydrogen) atoms. The first-order valence-corrected chi connectivity index (χ1v) is 10.0. The average molecular weight is 479 g/mol. The molecule has 1 aromatic heterocycles. The number of ether oxygens (including phenoxy) is 4. The van der Waals surface area contributed by atoms with Crippen molar-refractivity contribution in [2.75, 3.05) is 27.0 Å². The molecular formula is C23H27F2N3O6. The molecular weight excluding hydrogens is 452 g/mol. The normalized spacial score (nSPS) is 11.6. The summed E-state index contributed by atoms with van der Waals surface area (Å²) < 4.78 is 50.7. The summed E-state index contributed by atoms with van der Waals surface area (Å²) in [4.78, 5) is 30.6. The van der Waals surface area contributed by atoms with Gasteiger partial charge < -0.3 is 24.7 Å². The number of nitrogens with two attached hydrogens (primary N) is 1. The molecule has 0 aliphatic heterocycles. The number of nitrogens with zero attached hydrogens (tertiary/aromatic N) is 2. The Hall–Kier alpha value is -3.89. The summed E-state index contributed by atoms with van der Waals surface area (Å²) in [7, 11) is 3.59. The number of anilines is 1. The van der Waals surface area contributed by atoms with E-state index < -0.39 is 51.9 Å². The number of benzene rings is 1. The number of carbonyl (C=O) groups excluding carboxylic acids is 2. The van der Waals surface area contributed by atoms with Crippen LogP contribution >= 0.6 is 0 Å². The highest BCUT2D eigenvalue weighted by Gasteiger charge is 2.30. The first kappa shape index (κ1) is 26.4. The van der Waals surface area contributed by atoms with Crippen LogP contribution in [0.5, 0.6) is 17.2 Å². The first-order chi connectivity index (χ1) is 15.8. The largest absolute Gasteiger partial charge is 0.494 e. The van der Waals surface area contributed by atoms with Crippen molar-refractivity contribution in [3.63, 3.8) is 0 Å². The number of hydrogen-bond donors (Lipinski definition) is 1. The lowest BCUT2D eigenvalue weighted by Crippen LogP contribution is -2.32. The number of halogens is 2. The number of rotatable bonds is 7. The van der Waals surface area contributed by atoms with Gasteiger partial charge in [0, 0.05) is 13.1 Å². The predicted molar refractivity (Wildman–Crippen MR) is 120 cm³/mol. The van der Waals surface area contributed by atoms with Gasteiger partial charge >= 0.3 is 6.09 Å². The topological polar surface area (TPSA) is 113 Å². The quantitative estimate of drug-likeness (QED) is 0.357. The highest BCUT2D eigenvalue weighted by molar-refractivity contribution is 6.08. The fraction of sp³-hybridized carbons (Fsp3) is 0.348. The van der Waals surface area contributed by atoms with Crippen molar-refractivity contribution >= 4 is 17.7 Å². The lowest BCUT2D eigenvalue weighted by atomic mass is 10.1. The number of pyridine rings is 1. The Kier molecular flexibility index (Phi) is 8.04. The molecule has 0 saturated heterocycles. The van der Waals surface area contributed by atoms with E-state index in [1.165, 1.54) is 19.3 Å². The summed E-state index contributed by atoms with van der Waals surface area (Å²) in [5, 5.41) is 0. The number of nitrogen functional groups attached to an aromatic ring is 1. The molecule has 1 heterocycles. The number of hydrogen-bond acceptors (Lipinski definition) is 8. The van der Waals surface area contributed by atoms with Crippen LogP contribution in [0, 0.1) is 18.6 Å². The number of allylic oxidation sites excluding steroid dienone is 1. The minimum Gasteiger partial charge on any atom is -0.494 e. The van der Waals surface area contributed by atoms with Crippen LogP contribution in [0.15, 0.2) is 30.3 Å². The zero-order chi connectivity index (χ0) is 25.8. The second-order valence-corrected chi connectivity index (χ2v) is 8.17. The molecule has 2 N–H and O–H groups in total. The third kappa shape index (κ3) is 6.12. The Bertz CT molecular complexity index is 1100. The summed E-state index contributed by atoms with van der Waals surface area (Å²) in [5.41, 5.74) is 4.30. The lowest BCUT2D eigenvalue weighted by Gasteiger charge is -2.23. The van der Waals surface area contributed by atoms with Crippen molar-refractivity contribution < 1.29 is 37.3 Å².